The van der Waals surface area contributed by atoms with E-state index in [1.165, 1.54) is 11.8 Å². The first-order valence-electron chi connectivity index (χ1n) is 9.60. The number of carbonyl (C=O) groups is 2. The zero-order chi connectivity index (χ0) is 21.3. The highest BCUT2D eigenvalue weighted by atomic mass is 79.9. The van der Waals surface area contributed by atoms with Gasteiger partial charge in [0.25, 0.3) is 5.91 Å². The summed E-state index contributed by atoms with van der Waals surface area (Å²) in [6.07, 6.45) is 0. The number of rotatable bonds is 8. The van der Waals surface area contributed by atoms with Crippen molar-refractivity contribution in [2.75, 3.05) is 11.1 Å². The van der Waals surface area contributed by atoms with Crippen molar-refractivity contribution in [1.82, 2.24) is 5.32 Å². The molecule has 3 rings (SSSR count). The van der Waals surface area contributed by atoms with Gasteiger partial charge in [0, 0.05) is 10.2 Å². The van der Waals surface area contributed by atoms with Crippen molar-refractivity contribution in [2.45, 2.75) is 18.7 Å². The highest BCUT2D eigenvalue weighted by molar-refractivity contribution is 9.10. The van der Waals surface area contributed by atoms with E-state index in [2.05, 4.69) is 26.6 Å². The van der Waals surface area contributed by atoms with Gasteiger partial charge in [-0.25, -0.2) is 0 Å². The second kappa shape index (κ2) is 11.0. The van der Waals surface area contributed by atoms with Gasteiger partial charge in [0.05, 0.1) is 23.0 Å². The summed E-state index contributed by atoms with van der Waals surface area (Å²) in [6, 6.07) is 24.7. The van der Waals surface area contributed by atoms with Crippen LogP contribution in [0.4, 0.5) is 5.69 Å². The van der Waals surface area contributed by atoms with Crippen molar-refractivity contribution in [1.29, 1.82) is 0 Å². The Morgan fingerprint density at radius 1 is 0.933 bits per heavy atom. The van der Waals surface area contributed by atoms with Crippen molar-refractivity contribution in [2.24, 2.45) is 0 Å². The Labute approximate surface area is 189 Å². The van der Waals surface area contributed by atoms with Crippen LogP contribution in [0.15, 0.2) is 83.3 Å². The molecule has 2 N–H and O–H groups in total. The third kappa shape index (κ3) is 6.21. The smallest absolute Gasteiger partial charge is 0.253 e. The van der Waals surface area contributed by atoms with Gasteiger partial charge < -0.3 is 10.6 Å². The van der Waals surface area contributed by atoms with Crippen LogP contribution in [0.25, 0.3) is 0 Å². The molecule has 4 nitrogen and oxygen atoms in total. The van der Waals surface area contributed by atoms with E-state index in [0.29, 0.717) is 17.0 Å². The molecule has 0 bridgehead atoms. The fraction of sp³-hybridized carbons (Fsp3) is 0.167. The Hall–Kier alpha value is -2.57. The lowest BCUT2D eigenvalue weighted by Gasteiger charge is -2.16. The van der Waals surface area contributed by atoms with Gasteiger partial charge in [-0.15, -0.1) is 11.8 Å². The second-order valence-corrected chi connectivity index (χ2v) is 8.62. The molecular formula is C24H23BrN2O2S. The third-order valence-corrected chi connectivity index (χ3v) is 6.30. The van der Waals surface area contributed by atoms with Crippen molar-refractivity contribution in [3.05, 3.63) is 100 Å². The van der Waals surface area contributed by atoms with E-state index in [1.54, 1.807) is 24.3 Å². The van der Waals surface area contributed by atoms with Gasteiger partial charge in [-0.1, -0.05) is 76.6 Å². The van der Waals surface area contributed by atoms with E-state index in [9.17, 15) is 9.59 Å². The van der Waals surface area contributed by atoms with E-state index < -0.39 is 0 Å². The molecule has 0 radical (unpaired) electrons. The zero-order valence-electron chi connectivity index (χ0n) is 16.6. The molecule has 30 heavy (non-hydrogen) atoms. The molecule has 0 unspecified atom stereocenters. The molecule has 0 aromatic heterocycles. The number of hydrogen-bond donors (Lipinski definition) is 2. The summed E-state index contributed by atoms with van der Waals surface area (Å²) in [4.78, 5) is 25.2. The predicted octanol–water partition coefficient (Wildman–Crippen LogP) is 5.81. The average molecular weight is 483 g/mol. The maximum Gasteiger partial charge on any atom is 0.253 e. The van der Waals surface area contributed by atoms with Gasteiger partial charge in [0.2, 0.25) is 5.91 Å². The summed E-state index contributed by atoms with van der Waals surface area (Å²) in [5, 5.41) is 5.87. The Bertz CT molecular complexity index is 1010. The number of halogens is 1. The molecule has 0 saturated carbocycles. The molecule has 0 spiro atoms. The number of thioether (sulfide) groups is 1. The van der Waals surface area contributed by atoms with Gasteiger partial charge in [-0.2, -0.15) is 0 Å². The normalized spacial score (nSPS) is 11.5. The Kier molecular flexibility index (Phi) is 8.11. The van der Waals surface area contributed by atoms with Gasteiger partial charge in [-0.05, 0) is 36.2 Å². The second-order valence-electron chi connectivity index (χ2n) is 6.78. The van der Waals surface area contributed by atoms with Crippen LogP contribution in [-0.2, 0) is 10.5 Å². The summed E-state index contributed by atoms with van der Waals surface area (Å²) in [6.45, 7) is 1.94. The quantitative estimate of drug-likeness (QED) is 0.425. The van der Waals surface area contributed by atoms with Crippen LogP contribution in [0.1, 0.15) is 34.5 Å². The van der Waals surface area contributed by atoms with Crippen LogP contribution in [0.5, 0.6) is 0 Å². The van der Waals surface area contributed by atoms with Crippen molar-refractivity contribution in [3.63, 3.8) is 0 Å². The lowest BCUT2D eigenvalue weighted by Crippen LogP contribution is -2.28. The molecule has 3 aromatic rings. The highest BCUT2D eigenvalue weighted by Crippen LogP contribution is 2.22. The van der Waals surface area contributed by atoms with E-state index >= 15 is 0 Å². The van der Waals surface area contributed by atoms with Crippen LogP contribution in [0, 0.1) is 0 Å². The molecule has 2 amide bonds. The molecule has 0 aliphatic heterocycles. The Balaban J connectivity index is 1.58. The molecule has 154 valence electrons. The van der Waals surface area contributed by atoms with Gasteiger partial charge >= 0.3 is 0 Å². The minimum atomic E-state index is -0.219. The minimum absolute atomic E-state index is 0.136. The summed E-state index contributed by atoms with van der Waals surface area (Å²) in [5.41, 5.74) is 3.13. The fourth-order valence-electron chi connectivity index (χ4n) is 2.94. The maximum absolute atomic E-state index is 12.8. The Morgan fingerprint density at radius 3 is 2.37 bits per heavy atom. The number of carbonyl (C=O) groups excluding carboxylic acids is 2. The first-order valence-corrected chi connectivity index (χ1v) is 11.5. The number of para-hydroxylation sites is 1. The minimum Gasteiger partial charge on any atom is -0.345 e. The lowest BCUT2D eigenvalue weighted by atomic mass is 10.1. The molecular weight excluding hydrogens is 460 g/mol. The molecule has 0 heterocycles. The zero-order valence-corrected chi connectivity index (χ0v) is 19.0. The third-order valence-electron chi connectivity index (χ3n) is 4.54. The summed E-state index contributed by atoms with van der Waals surface area (Å²) < 4.78 is 1.03. The van der Waals surface area contributed by atoms with E-state index in [-0.39, 0.29) is 17.9 Å². The Morgan fingerprint density at radius 2 is 1.60 bits per heavy atom. The maximum atomic E-state index is 12.8. The van der Waals surface area contributed by atoms with Gasteiger partial charge in [0.1, 0.15) is 0 Å². The van der Waals surface area contributed by atoms with Crippen LogP contribution in [0.2, 0.25) is 0 Å². The number of hydrogen-bond acceptors (Lipinski definition) is 3. The molecule has 0 saturated heterocycles. The first-order chi connectivity index (χ1) is 14.5. The van der Waals surface area contributed by atoms with Crippen LogP contribution >= 0.6 is 27.7 Å². The number of benzene rings is 3. The van der Waals surface area contributed by atoms with E-state index in [0.717, 1.165) is 21.4 Å². The summed E-state index contributed by atoms with van der Waals surface area (Å²) in [5.74, 6) is 0.676. The first kappa shape index (κ1) is 22.1. The van der Waals surface area contributed by atoms with Crippen LogP contribution in [-0.4, -0.2) is 17.6 Å². The molecule has 1 atom stereocenters. The lowest BCUT2D eigenvalue weighted by molar-refractivity contribution is -0.113. The van der Waals surface area contributed by atoms with E-state index in [1.807, 2.05) is 61.5 Å². The van der Waals surface area contributed by atoms with Crippen LogP contribution < -0.4 is 10.6 Å². The van der Waals surface area contributed by atoms with Crippen molar-refractivity contribution < 1.29 is 9.59 Å². The highest BCUT2D eigenvalue weighted by Gasteiger charge is 2.16. The topological polar surface area (TPSA) is 58.2 Å². The fourth-order valence-corrected chi connectivity index (χ4v) is 4.39. The van der Waals surface area contributed by atoms with Crippen molar-refractivity contribution in [3.8, 4) is 0 Å². The SMILES string of the molecule is C[C@@H](NC(=O)c1ccccc1NC(=O)CSCc1ccccc1Br)c1ccccc1. The standard InChI is InChI=1S/C24H23BrN2O2S/c1-17(18-9-3-2-4-10-18)26-24(29)20-12-6-8-14-22(20)27-23(28)16-30-15-19-11-5-7-13-21(19)25/h2-14,17H,15-16H2,1H3,(H,26,29)(H,27,28)/t17-/m1/s1. The summed E-state index contributed by atoms with van der Waals surface area (Å²) in [7, 11) is 0. The molecule has 0 fully saturated rings. The number of amides is 2. The molecule has 6 heteroatoms. The summed E-state index contributed by atoms with van der Waals surface area (Å²) >= 11 is 5.05. The van der Waals surface area contributed by atoms with Gasteiger partial charge in [-0.3, -0.25) is 9.59 Å². The van der Waals surface area contributed by atoms with Crippen molar-refractivity contribution >= 4 is 45.2 Å². The molecule has 3 aromatic carbocycles. The van der Waals surface area contributed by atoms with Crippen LogP contribution in [0.3, 0.4) is 0 Å². The van der Waals surface area contributed by atoms with E-state index in [4.69, 9.17) is 0 Å². The largest absolute Gasteiger partial charge is 0.345 e. The monoisotopic (exact) mass is 482 g/mol. The molecule has 0 aliphatic carbocycles. The number of anilines is 1. The molecule has 0 aliphatic rings. The van der Waals surface area contributed by atoms with Gasteiger partial charge in [0.15, 0.2) is 0 Å². The number of nitrogens with one attached hydrogen (secondary N) is 2. The average Bonchev–Trinajstić information content (AvgIpc) is 2.76. The predicted molar refractivity (Wildman–Crippen MR) is 128 cm³/mol.